The minimum Gasteiger partial charge on any atom is -0.493 e. The fourth-order valence-corrected chi connectivity index (χ4v) is 2.82. The molecule has 0 saturated carbocycles. The van der Waals surface area contributed by atoms with E-state index in [1.54, 1.807) is 21.3 Å². The molecule has 0 fully saturated rings. The summed E-state index contributed by atoms with van der Waals surface area (Å²) in [6, 6.07) is 11.7. The summed E-state index contributed by atoms with van der Waals surface area (Å²) in [7, 11) is 4.79. The molecule has 0 amide bonds. The van der Waals surface area contributed by atoms with Crippen molar-refractivity contribution in [2.24, 2.45) is 4.99 Å². The van der Waals surface area contributed by atoms with Crippen molar-refractivity contribution in [1.29, 1.82) is 0 Å². The number of methoxy groups -OCH3 is 3. The van der Waals surface area contributed by atoms with Gasteiger partial charge in [0.25, 0.3) is 0 Å². The Kier molecular flexibility index (Phi) is 5.84. The molecule has 1 N–H and O–H groups in total. The van der Waals surface area contributed by atoms with E-state index in [4.69, 9.17) is 18.9 Å². The van der Waals surface area contributed by atoms with Gasteiger partial charge in [-0.25, -0.2) is 0 Å². The molecule has 0 aromatic heterocycles. The molecule has 6 nitrogen and oxygen atoms in total. The van der Waals surface area contributed by atoms with Crippen LogP contribution in [0.4, 0.5) is 0 Å². The summed E-state index contributed by atoms with van der Waals surface area (Å²) in [5.41, 5.74) is 2.01. The molecule has 0 radical (unpaired) electrons. The van der Waals surface area contributed by atoms with Gasteiger partial charge in [0.05, 0.1) is 21.3 Å². The summed E-state index contributed by atoms with van der Waals surface area (Å²) in [6.07, 6.45) is 1.08. The van der Waals surface area contributed by atoms with Gasteiger partial charge in [-0.05, 0) is 48.4 Å². The molecule has 2 aromatic rings. The van der Waals surface area contributed by atoms with Gasteiger partial charge in [0.15, 0.2) is 11.5 Å². The van der Waals surface area contributed by atoms with E-state index in [2.05, 4.69) is 10.3 Å². The van der Waals surface area contributed by atoms with Gasteiger partial charge >= 0.3 is 0 Å². The molecule has 0 spiro atoms. The van der Waals surface area contributed by atoms with Crippen molar-refractivity contribution in [2.75, 3.05) is 34.4 Å². The lowest BCUT2D eigenvalue weighted by atomic mass is 10.1. The van der Waals surface area contributed by atoms with E-state index < -0.39 is 0 Å². The van der Waals surface area contributed by atoms with Crippen LogP contribution in [0.5, 0.6) is 23.0 Å². The van der Waals surface area contributed by atoms with Crippen LogP contribution in [0, 0.1) is 0 Å². The first-order valence-electron chi connectivity index (χ1n) is 8.55. The van der Waals surface area contributed by atoms with E-state index in [0.717, 1.165) is 42.2 Å². The summed E-state index contributed by atoms with van der Waals surface area (Å²) in [5.74, 6) is 3.54. The number of benzene rings is 2. The Bertz CT molecular complexity index is 747. The average Bonchev–Trinajstić information content (AvgIpc) is 2.72. The van der Waals surface area contributed by atoms with Crippen LogP contribution in [0.25, 0.3) is 0 Å². The summed E-state index contributed by atoms with van der Waals surface area (Å²) in [5, 5.41) is 3.32. The van der Waals surface area contributed by atoms with E-state index in [1.807, 2.05) is 36.4 Å². The molecule has 2 aromatic carbocycles. The normalized spacial score (nSPS) is 13.4. The third-order valence-electron chi connectivity index (χ3n) is 4.16. The summed E-state index contributed by atoms with van der Waals surface area (Å²) < 4.78 is 22.0. The monoisotopic (exact) mass is 356 g/mol. The lowest BCUT2D eigenvalue weighted by Gasteiger charge is -2.16. The minimum atomic E-state index is 0.398. The second-order valence-corrected chi connectivity index (χ2v) is 5.86. The van der Waals surface area contributed by atoms with Crippen molar-refractivity contribution in [3.8, 4) is 23.0 Å². The van der Waals surface area contributed by atoms with E-state index >= 15 is 0 Å². The molecule has 1 aliphatic rings. The summed E-state index contributed by atoms with van der Waals surface area (Å²) in [4.78, 5) is 4.50. The first-order valence-corrected chi connectivity index (χ1v) is 8.55. The number of aliphatic imine (C=N–C) groups is 1. The zero-order valence-electron chi connectivity index (χ0n) is 15.4. The maximum Gasteiger partial charge on any atom is 0.203 e. The molecule has 6 heteroatoms. The summed E-state index contributed by atoms with van der Waals surface area (Å²) in [6.45, 7) is 2.25. The zero-order valence-corrected chi connectivity index (χ0v) is 15.4. The van der Waals surface area contributed by atoms with Crippen LogP contribution in [0.15, 0.2) is 41.4 Å². The molecule has 138 valence electrons. The van der Waals surface area contributed by atoms with Gasteiger partial charge in [-0.15, -0.1) is 0 Å². The first-order chi connectivity index (χ1) is 12.7. The van der Waals surface area contributed by atoms with Crippen molar-refractivity contribution in [3.05, 3.63) is 47.5 Å². The molecular weight excluding hydrogens is 332 g/mol. The molecular formula is C20H24N2O4. The van der Waals surface area contributed by atoms with Crippen LogP contribution in [-0.2, 0) is 6.61 Å². The molecule has 0 bridgehead atoms. The Morgan fingerprint density at radius 2 is 1.65 bits per heavy atom. The first kappa shape index (κ1) is 17.9. The van der Waals surface area contributed by atoms with Gasteiger partial charge in [0.1, 0.15) is 18.2 Å². The van der Waals surface area contributed by atoms with Crippen molar-refractivity contribution in [3.63, 3.8) is 0 Å². The topological polar surface area (TPSA) is 61.3 Å². The van der Waals surface area contributed by atoms with Gasteiger partial charge in [0.2, 0.25) is 5.75 Å². The Morgan fingerprint density at radius 3 is 2.19 bits per heavy atom. The molecule has 0 atom stereocenters. The predicted octanol–water partition coefficient (Wildman–Crippen LogP) is 3.03. The minimum absolute atomic E-state index is 0.398. The number of hydrogen-bond donors (Lipinski definition) is 1. The molecule has 1 aliphatic heterocycles. The van der Waals surface area contributed by atoms with Gasteiger partial charge in [-0.3, -0.25) is 4.99 Å². The van der Waals surface area contributed by atoms with Gasteiger partial charge < -0.3 is 24.3 Å². The molecule has 3 rings (SSSR count). The Hall–Kier alpha value is -2.89. The van der Waals surface area contributed by atoms with Crippen LogP contribution in [0.3, 0.4) is 0 Å². The van der Waals surface area contributed by atoms with Gasteiger partial charge in [0, 0.05) is 18.7 Å². The SMILES string of the molecule is COc1cc(COc2ccc(C3=NCCCN3)cc2)cc(OC)c1OC. The molecule has 0 unspecified atom stereocenters. The standard InChI is InChI=1S/C20H24N2O4/c1-23-17-11-14(12-18(24-2)19(17)25-3)13-26-16-7-5-15(6-8-16)20-21-9-4-10-22-20/h5-8,11-12H,4,9-10,13H2,1-3H3,(H,21,22). The Balaban J connectivity index is 1.69. The van der Waals surface area contributed by atoms with Gasteiger partial charge in [-0.1, -0.05) is 0 Å². The number of amidine groups is 1. The lowest BCUT2D eigenvalue weighted by molar-refractivity contribution is 0.298. The highest BCUT2D eigenvalue weighted by molar-refractivity contribution is 5.99. The van der Waals surface area contributed by atoms with Crippen molar-refractivity contribution >= 4 is 5.84 Å². The van der Waals surface area contributed by atoms with Crippen LogP contribution in [-0.4, -0.2) is 40.3 Å². The largest absolute Gasteiger partial charge is 0.493 e. The lowest BCUT2D eigenvalue weighted by Crippen LogP contribution is -2.30. The average molecular weight is 356 g/mol. The van der Waals surface area contributed by atoms with E-state index in [-0.39, 0.29) is 0 Å². The second-order valence-electron chi connectivity index (χ2n) is 5.86. The van der Waals surface area contributed by atoms with Crippen LogP contribution < -0.4 is 24.3 Å². The van der Waals surface area contributed by atoms with Gasteiger partial charge in [-0.2, -0.15) is 0 Å². The molecule has 0 saturated heterocycles. The van der Waals surface area contributed by atoms with E-state index in [0.29, 0.717) is 23.9 Å². The number of rotatable bonds is 7. The summed E-state index contributed by atoms with van der Waals surface area (Å²) >= 11 is 0. The van der Waals surface area contributed by atoms with Crippen LogP contribution in [0.2, 0.25) is 0 Å². The van der Waals surface area contributed by atoms with E-state index in [9.17, 15) is 0 Å². The Morgan fingerprint density at radius 1 is 0.962 bits per heavy atom. The number of ether oxygens (including phenoxy) is 4. The highest BCUT2D eigenvalue weighted by Gasteiger charge is 2.13. The highest BCUT2D eigenvalue weighted by atomic mass is 16.5. The fourth-order valence-electron chi connectivity index (χ4n) is 2.82. The number of nitrogens with zero attached hydrogens (tertiary/aromatic N) is 1. The van der Waals surface area contributed by atoms with Crippen LogP contribution >= 0.6 is 0 Å². The third-order valence-corrected chi connectivity index (χ3v) is 4.16. The zero-order chi connectivity index (χ0) is 18.4. The van der Waals surface area contributed by atoms with Crippen molar-refractivity contribution in [1.82, 2.24) is 5.32 Å². The quantitative estimate of drug-likeness (QED) is 0.826. The third kappa shape index (κ3) is 4.02. The maximum absolute atomic E-state index is 5.89. The van der Waals surface area contributed by atoms with E-state index in [1.165, 1.54) is 0 Å². The van der Waals surface area contributed by atoms with Crippen molar-refractivity contribution < 1.29 is 18.9 Å². The number of nitrogens with one attached hydrogen (secondary N) is 1. The molecule has 0 aliphatic carbocycles. The highest BCUT2D eigenvalue weighted by Crippen LogP contribution is 2.38. The molecule has 1 heterocycles. The molecule has 26 heavy (non-hydrogen) atoms. The smallest absolute Gasteiger partial charge is 0.203 e. The van der Waals surface area contributed by atoms with Crippen molar-refractivity contribution in [2.45, 2.75) is 13.0 Å². The predicted molar refractivity (Wildman–Crippen MR) is 101 cm³/mol. The maximum atomic E-state index is 5.89. The van der Waals surface area contributed by atoms with Crippen LogP contribution in [0.1, 0.15) is 17.5 Å². The Labute approximate surface area is 153 Å². The number of hydrogen-bond acceptors (Lipinski definition) is 6. The fraction of sp³-hybridized carbons (Fsp3) is 0.350. The second kappa shape index (κ2) is 8.47.